The lowest BCUT2D eigenvalue weighted by atomic mass is 10.0. The lowest BCUT2D eigenvalue weighted by molar-refractivity contribution is 1.33. The van der Waals surface area contributed by atoms with Gasteiger partial charge < -0.3 is 0 Å². The number of allylic oxidation sites excluding steroid dienone is 2. The molecule has 54 heavy (non-hydrogen) atoms. The van der Waals surface area contributed by atoms with Crippen molar-refractivity contribution in [3.63, 3.8) is 0 Å². The van der Waals surface area contributed by atoms with Crippen LogP contribution in [0.3, 0.4) is 0 Å². The third-order valence-electron chi connectivity index (χ3n) is 10.2. The molecule has 0 aliphatic heterocycles. The molecule has 0 amide bonds. The van der Waals surface area contributed by atoms with Crippen molar-refractivity contribution in [2.45, 2.75) is 5.92 Å². The summed E-state index contributed by atoms with van der Waals surface area (Å²) in [7, 11) is 0. The van der Waals surface area contributed by atoms with Crippen LogP contribution in [0.5, 0.6) is 0 Å². The Morgan fingerprint density at radius 3 is 0.889 bits per heavy atom. The first-order valence-electron chi connectivity index (χ1n) is 18.3. The Balaban J connectivity index is 1.19. The molecule has 0 unspecified atom stereocenters. The molecule has 0 fully saturated rings. The van der Waals surface area contributed by atoms with E-state index in [-0.39, 0.29) is 5.92 Å². The molecular formula is C51H34S3. The number of hydrogen-bond donors (Lipinski definition) is 0. The molecule has 0 saturated carbocycles. The molecule has 0 atom stereocenters. The van der Waals surface area contributed by atoms with Gasteiger partial charge in [-0.2, -0.15) is 0 Å². The van der Waals surface area contributed by atoms with E-state index in [0.717, 1.165) is 0 Å². The van der Waals surface area contributed by atoms with E-state index in [2.05, 4.69) is 200 Å². The highest BCUT2D eigenvalue weighted by molar-refractivity contribution is 7.19. The van der Waals surface area contributed by atoms with Crippen molar-refractivity contribution >= 4 is 45.2 Å². The zero-order valence-corrected chi connectivity index (χ0v) is 31.8. The maximum atomic E-state index is 2.48. The lowest BCUT2D eigenvalue weighted by Crippen LogP contribution is -1.80. The quantitative estimate of drug-likeness (QED) is 0.138. The summed E-state index contributed by atoms with van der Waals surface area (Å²) in [5, 5.41) is 0. The minimum absolute atomic E-state index is 0.201. The van der Waals surface area contributed by atoms with Crippen LogP contribution in [-0.4, -0.2) is 0 Å². The van der Waals surface area contributed by atoms with Gasteiger partial charge >= 0.3 is 0 Å². The second-order valence-corrected chi connectivity index (χ2v) is 16.7. The fourth-order valence-electron chi connectivity index (χ4n) is 7.56. The molecule has 1 aliphatic carbocycles. The van der Waals surface area contributed by atoms with Crippen molar-refractivity contribution in [2.75, 3.05) is 0 Å². The van der Waals surface area contributed by atoms with Gasteiger partial charge in [0.2, 0.25) is 0 Å². The van der Waals surface area contributed by atoms with E-state index in [4.69, 9.17) is 0 Å². The Bertz CT molecular complexity index is 2420. The largest absolute Gasteiger partial charge is 0.139 e. The Morgan fingerprint density at radius 1 is 0.278 bits per heavy atom. The Kier molecular flexibility index (Phi) is 8.61. The second-order valence-electron chi connectivity index (χ2n) is 13.6. The summed E-state index contributed by atoms with van der Waals surface area (Å²) in [6.45, 7) is 0. The van der Waals surface area contributed by atoms with Crippen molar-refractivity contribution in [2.24, 2.45) is 0 Å². The first kappa shape index (κ1) is 32.8. The van der Waals surface area contributed by atoms with Crippen LogP contribution in [0, 0.1) is 0 Å². The van der Waals surface area contributed by atoms with Gasteiger partial charge in [0.1, 0.15) is 0 Å². The van der Waals surface area contributed by atoms with Crippen molar-refractivity contribution in [3.8, 4) is 64.7 Å². The minimum Gasteiger partial charge on any atom is -0.139 e. The average molecular weight is 743 g/mol. The van der Waals surface area contributed by atoms with E-state index in [1.54, 1.807) is 0 Å². The second kappa shape index (κ2) is 14.2. The van der Waals surface area contributed by atoms with Crippen molar-refractivity contribution in [3.05, 3.63) is 215 Å². The van der Waals surface area contributed by atoms with Gasteiger partial charge in [-0.15, -0.1) is 34.0 Å². The highest BCUT2D eigenvalue weighted by atomic mass is 32.1. The molecule has 9 aromatic rings. The zero-order chi connectivity index (χ0) is 35.8. The van der Waals surface area contributed by atoms with Crippen LogP contribution in [0.2, 0.25) is 0 Å². The van der Waals surface area contributed by atoms with Gasteiger partial charge in [0.25, 0.3) is 0 Å². The minimum atomic E-state index is 0.201. The van der Waals surface area contributed by atoms with E-state index >= 15 is 0 Å². The molecular weight excluding hydrogens is 709 g/mol. The molecule has 0 radical (unpaired) electrons. The molecule has 3 heterocycles. The molecule has 0 nitrogen and oxygen atoms in total. The van der Waals surface area contributed by atoms with Crippen LogP contribution >= 0.6 is 34.0 Å². The monoisotopic (exact) mass is 742 g/mol. The summed E-state index contributed by atoms with van der Waals surface area (Å²) in [6, 6.07) is 72.8. The Morgan fingerprint density at radius 2 is 0.556 bits per heavy atom. The SMILES string of the molecule is c1ccc(-c2cc(C3=C(c4cc(-c5ccccc5)c(-c5ccccc5)s4)C3c3cc(-c4ccccc4)c(-c4ccccc4)s3)sc2-c2ccccc2)cc1. The predicted molar refractivity (Wildman–Crippen MR) is 235 cm³/mol. The molecule has 0 saturated heterocycles. The number of benzene rings is 6. The molecule has 6 aromatic carbocycles. The van der Waals surface area contributed by atoms with Crippen molar-refractivity contribution in [1.29, 1.82) is 0 Å². The van der Waals surface area contributed by atoms with Crippen LogP contribution in [0.1, 0.15) is 20.5 Å². The van der Waals surface area contributed by atoms with Gasteiger partial charge in [-0.05, 0) is 62.7 Å². The van der Waals surface area contributed by atoms with Crippen molar-refractivity contribution < 1.29 is 0 Å². The third-order valence-corrected chi connectivity index (χ3v) is 13.9. The maximum Gasteiger partial charge on any atom is 0.0469 e. The number of rotatable bonds is 9. The molecule has 0 spiro atoms. The highest BCUT2D eigenvalue weighted by Crippen LogP contribution is 2.65. The van der Waals surface area contributed by atoms with Crippen LogP contribution in [-0.2, 0) is 0 Å². The fourth-order valence-corrected chi connectivity index (χ4v) is 11.4. The smallest absolute Gasteiger partial charge is 0.0469 e. The van der Waals surface area contributed by atoms with Crippen molar-refractivity contribution in [1.82, 2.24) is 0 Å². The van der Waals surface area contributed by atoms with Gasteiger partial charge in [0.15, 0.2) is 0 Å². The van der Waals surface area contributed by atoms with Crippen LogP contribution < -0.4 is 0 Å². The van der Waals surface area contributed by atoms with Gasteiger partial charge in [-0.1, -0.05) is 182 Å². The molecule has 1 aliphatic rings. The third kappa shape index (κ3) is 6.11. The van der Waals surface area contributed by atoms with E-state index in [1.807, 2.05) is 34.0 Å². The van der Waals surface area contributed by atoms with Gasteiger partial charge in [-0.25, -0.2) is 0 Å². The fraction of sp³-hybridized carbons (Fsp3) is 0.0196. The van der Waals surface area contributed by atoms with Crippen LogP contribution in [0.4, 0.5) is 0 Å². The first-order chi connectivity index (χ1) is 26.8. The number of thiophene rings is 3. The molecule has 256 valence electrons. The first-order valence-corrected chi connectivity index (χ1v) is 20.7. The Labute approximate surface area is 328 Å². The van der Waals surface area contributed by atoms with Crippen LogP contribution in [0.15, 0.2) is 200 Å². The zero-order valence-electron chi connectivity index (χ0n) is 29.4. The number of hydrogen-bond acceptors (Lipinski definition) is 3. The normalized spacial score (nSPS) is 12.7. The topological polar surface area (TPSA) is 0 Å². The summed E-state index contributed by atoms with van der Waals surface area (Å²) in [5.74, 6) is 0.201. The molecule has 0 N–H and O–H groups in total. The predicted octanol–water partition coefficient (Wildman–Crippen LogP) is 15.6. The van der Waals surface area contributed by atoms with E-state index in [0.29, 0.717) is 0 Å². The van der Waals surface area contributed by atoms with E-state index in [9.17, 15) is 0 Å². The van der Waals surface area contributed by atoms with E-state index < -0.39 is 0 Å². The maximum absolute atomic E-state index is 2.48. The van der Waals surface area contributed by atoms with Gasteiger partial charge in [0, 0.05) is 51.9 Å². The molecule has 3 aromatic heterocycles. The molecule has 10 rings (SSSR count). The molecule has 3 heteroatoms. The summed E-state index contributed by atoms with van der Waals surface area (Å²) < 4.78 is 0. The van der Waals surface area contributed by atoms with Gasteiger partial charge in [-0.3, -0.25) is 0 Å². The van der Waals surface area contributed by atoms with E-state index in [1.165, 1.54) is 90.5 Å². The highest BCUT2D eigenvalue weighted by Gasteiger charge is 2.43. The summed E-state index contributed by atoms with van der Waals surface area (Å²) in [4.78, 5) is 8.04. The standard InChI is InChI=1S/C51H34S3/c1-7-19-34(20-8-1)40-31-43(52-49(40)37-25-13-4-14-26-37)46-47(44-32-41(35-21-9-2-10-22-35)50(53-44)38-27-15-5-16-28-38)48(46)45-33-42(36-23-11-3-12-24-36)51(54-45)39-29-17-6-18-30-39/h1-33,46H. The average Bonchev–Trinajstić information content (AvgIpc) is 3.59. The summed E-state index contributed by atoms with van der Waals surface area (Å²) in [5.41, 5.74) is 14.3. The van der Waals surface area contributed by atoms with Gasteiger partial charge in [0.05, 0.1) is 0 Å². The molecule has 0 bridgehead atoms. The van der Waals surface area contributed by atoms with Crippen LogP contribution in [0.25, 0.3) is 75.8 Å². The summed E-state index contributed by atoms with van der Waals surface area (Å²) in [6.07, 6.45) is 0. The Hall–Kier alpha value is -5.84. The summed E-state index contributed by atoms with van der Waals surface area (Å²) >= 11 is 5.82. The lowest BCUT2D eigenvalue weighted by Gasteiger charge is -2.03.